The molecule has 0 aliphatic rings. The number of carbonyl (C=O) groups is 1. The maximum atomic E-state index is 11.1. The molecule has 5 heteroatoms. The fourth-order valence-corrected chi connectivity index (χ4v) is 1.19. The molecule has 18 heavy (non-hydrogen) atoms. The summed E-state index contributed by atoms with van der Waals surface area (Å²) in [5.41, 5.74) is 0. The fourth-order valence-electron chi connectivity index (χ4n) is 1.19. The number of esters is 1. The highest BCUT2D eigenvalue weighted by Crippen LogP contribution is 1.95. The molecule has 0 fully saturated rings. The van der Waals surface area contributed by atoms with Crippen molar-refractivity contribution in [2.75, 3.05) is 46.2 Å². The second-order valence-electron chi connectivity index (χ2n) is 3.75. The van der Waals surface area contributed by atoms with Crippen LogP contribution in [0, 0.1) is 0 Å². The molecule has 0 heterocycles. The topological polar surface area (TPSA) is 54.0 Å². The summed E-state index contributed by atoms with van der Waals surface area (Å²) in [5, 5.41) is 0. The molecule has 5 nitrogen and oxygen atoms in total. The van der Waals surface area contributed by atoms with E-state index in [-0.39, 0.29) is 5.97 Å². The zero-order valence-electron chi connectivity index (χ0n) is 11.6. The third-order valence-electron chi connectivity index (χ3n) is 2.08. The molecular formula is C13H26O5. The average molecular weight is 262 g/mol. The first-order chi connectivity index (χ1) is 8.81. The Balaban J connectivity index is 3.04. The largest absolute Gasteiger partial charge is 0.466 e. The Morgan fingerprint density at radius 2 is 1.44 bits per heavy atom. The number of hydrogen-bond donors (Lipinski definition) is 0. The number of rotatable bonds is 13. The molecule has 0 aromatic rings. The molecule has 0 rings (SSSR count). The normalized spacial score (nSPS) is 10.6. The molecule has 0 amide bonds. The third-order valence-corrected chi connectivity index (χ3v) is 2.08. The Kier molecular flexibility index (Phi) is 13.9. The summed E-state index contributed by atoms with van der Waals surface area (Å²) in [6.45, 7) is 8.05. The lowest BCUT2D eigenvalue weighted by atomic mass is 10.3. The van der Waals surface area contributed by atoms with Crippen LogP contribution in [0.5, 0.6) is 0 Å². The minimum absolute atomic E-state index is 0.145. The van der Waals surface area contributed by atoms with E-state index in [0.29, 0.717) is 59.1 Å². The van der Waals surface area contributed by atoms with Gasteiger partial charge in [-0.1, -0.05) is 6.92 Å². The monoisotopic (exact) mass is 262 g/mol. The van der Waals surface area contributed by atoms with Crippen molar-refractivity contribution in [3.8, 4) is 0 Å². The maximum Gasteiger partial charge on any atom is 0.305 e. The molecule has 0 aromatic carbocycles. The smallest absolute Gasteiger partial charge is 0.305 e. The second kappa shape index (κ2) is 14.4. The highest BCUT2D eigenvalue weighted by molar-refractivity contribution is 5.69. The minimum atomic E-state index is -0.145. The van der Waals surface area contributed by atoms with E-state index >= 15 is 0 Å². The summed E-state index contributed by atoms with van der Waals surface area (Å²) in [4.78, 5) is 11.1. The third kappa shape index (κ3) is 13.4. The molecule has 0 saturated carbocycles. The zero-order chi connectivity index (χ0) is 13.5. The van der Waals surface area contributed by atoms with E-state index in [1.165, 1.54) is 0 Å². The van der Waals surface area contributed by atoms with Crippen molar-refractivity contribution < 1.29 is 23.7 Å². The lowest BCUT2D eigenvalue weighted by Gasteiger charge is -2.06. The quantitative estimate of drug-likeness (QED) is 0.374. The predicted molar refractivity (Wildman–Crippen MR) is 68.6 cm³/mol. The molecule has 0 radical (unpaired) electrons. The van der Waals surface area contributed by atoms with Crippen LogP contribution in [0.2, 0.25) is 0 Å². The summed E-state index contributed by atoms with van der Waals surface area (Å²) >= 11 is 0. The van der Waals surface area contributed by atoms with Crippen molar-refractivity contribution in [3.63, 3.8) is 0 Å². The summed E-state index contributed by atoms with van der Waals surface area (Å²) in [5.74, 6) is -0.145. The molecule has 0 spiro atoms. The second-order valence-corrected chi connectivity index (χ2v) is 3.75. The summed E-state index contributed by atoms with van der Waals surface area (Å²) in [6.07, 6.45) is 1.98. The molecule has 0 N–H and O–H groups in total. The SMILES string of the molecule is CCCOC(=O)CCCOCCOCCOCC. The van der Waals surface area contributed by atoms with Gasteiger partial charge in [-0.3, -0.25) is 4.79 Å². The van der Waals surface area contributed by atoms with E-state index in [9.17, 15) is 4.79 Å². The van der Waals surface area contributed by atoms with Gasteiger partial charge >= 0.3 is 5.97 Å². The van der Waals surface area contributed by atoms with Crippen LogP contribution in [0.3, 0.4) is 0 Å². The van der Waals surface area contributed by atoms with E-state index in [4.69, 9.17) is 18.9 Å². The highest BCUT2D eigenvalue weighted by atomic mass is 16.5. The molecule has 0 aromatic heterocycles. The lowest BCUT2D eigenvalue weighted by Crippen LogP contribution is -2.11. The van der Waals surface area contributed by atoms with Crippen molar-refractivity contribution >= 4 is 5.97 Å². The van der Waals surface area contributed by atoms with Crippen LogP contribution < -0.4 is 0 Å². The molecule has 0 aliphatic heterocycles. The van der Waals surface area contributed by atoms with Gasteiger partial charge in [-0.15, -0.1) is 0 Å². The van der Waals surface area contributed by atoms with E-state index in [1.807, 2.05) is 13.8 Å². The van der Waals surface area contributed by atoms with Gasteiger partial charge in [0, 0.05) is 19.6 Å². The number of carbonyl (C=O) groups excluding carboxylic acids is 1. The van der Waals surface area contributed by atoms with Crippen molar-refractivity contribution in [3.05, 3.63) is 0 Å². The predicted octanol–water partition coefficient (Wildman–Crippen LogP) is 1.79. The van der Waals surface area contributed by atoms with Gasteiger partial charge < -0.3 is 18.9 Å². The number of hydrogen-bond acceptors (Lipinski definition) is 5. The Morgan fingerprint density at radius 1 is 0.833 bits per heavy atom. The first kappa shape index (κ1) is 17.4. The Bertz CT molecular complexity index is 184. The maximum absolute atomic E-state index is 11.1. The van der Waals surface area contributed by atoms with Gasteiger partial charge in [0.2, 0.25) is 0 Å². The first-order valence-corrected chi connectivity index (χ1v) is 6.70. The standard InChI is InChI=1S/C13H26O5/c1-3-7-18-13(14)6-5-8-16-11-12-17-10-9-15-4-2/h3-12H2,1-2H3. The summed E-state index contributed by atoms with van der Waals surface area (Å²) < 4.78 is 20.7. The molecule has 108 valence electrons. The molecule has 0 bridgehead atoms. The van der Waals surface area contributed by atoms with Crippen LogP contribution in [0.1, 0.15) is 33.1 Å². The molecule has 0 unspecified atom stereocenters. The van der Waals surface area contributed by atoms with Gasteiger partial charge in [-0.05, 0) is 19.8 Å². The van der Waals surface area contributed by atoms with Gasteiger partial charge in [0.25, 0.3) is 0 Å². The molecule has 0 saturated heterocycles. The van der Waals surface area contributed by atoms with Crippen molar-refractivity contribution in [2.45, 2.75) is 33.1 Å². The van der Waals surface area contributed by atoms with Crippen molar-refractivity contribution in [2.24, 2.45) is 0 Å². The highest BCUT2D eigenvalue weighted by Gasteiger charge is 2.01. The van der Waals surface area contributed by atoms with E-state index in [1.54, 1.807) is 0 Å². The molecule has 0 aliphatic carbocycles. The molecular weight excluding hydrogens is 236 g/mol. The van der Waals surface area contributed by atoms with Crippen LogP contribution in [0.4, 0.5) is 0 Å². The van der Waals surface area contributed by atoms with Gasteiger partial charge in [-0.2, -0.15) is 0 Å². The van der Waals surface area contributed by atoms with Crippen LogP contribution in [0.15, 0.2) is 0 Å². The molecule has 0 atom stereocenters. The first-order valence-electron chi connectivity index (χ1n) is 6.70. The van der Waals surface area contributed by atoms with Crippen LogP contribution in [0.25, 0.3) is 0 Å². The Hall–Kier alpha value is -0.650. The van der Waals surface area contributed by atoms with Crippen LogP contribution in [-0.2, 0) is 23.7 Å². The number of ether oxygens (including phenoxy) is 4. The van der Waals surface area contributed by atoms with E-state index < -0.39 is 0 Å². The van der Waals surface area contributed by atoms with Crippen molar-refractivity contribution in [1.82, 2.24) is 0 Å². The van der Waals surface area contributed by atoms with E-state index in [0.717, 1.165) is 6.42 Å². The van der Waals surface area contributed by atoms with Gasteiger partial charge in [0.05, 0.1) is 33.0 Å². The minimum Gasteiger partial charge on any atom is -0.466 e. The zero-order valence-corrected chi connectivity index (χ0v) is 11.6. The van der Waals surface area contributed by atoms with Gasteiger partial charge in [0.1, 0.15) is 0 Å². The van der Waals surface area contributed by atoms with E-state index in [2.05, 4.69) is 0 Å². The lowest BCUT2D eigenvalue weighted by molar-refractivity contribution is -0.144. The average Bonchev–Trinajstić information content (AvgIpc) is 2.38. The van der Waals surface area contributed by atoms with Crippen molar-refractivity contribution in [1.29, 1.82) is 0 Å². The Morgan fingerprint density at radius 3 is 2.06 bits per heavy atom. The summed E-state index contributed by atoms with van der Waals surface area (Å²) in [7, 11) is 0. The van der Waals surface area contributed by atoms with Crippen LogP contribution >= 0.6 is 0 Å². The van der Waals surface area contributed by atoms with Crippen LogP contribution in [-0.4, -0.2) is 52.2 Å². The van der Waals surface area contributed by atoms with Gasteiger partial charge in [-0.25, -0.2) is 0 Å². The van der Waals surface area contributed by atoms with Gasteiger partial charge in [0.15, 0.2) is 0 Å². The Labute approximate surface area is 110 Å². The fraction of sp³-hybridized carbons (Fsp3) is 0.923. The summed E-state index contributed by atoms with van der Waals surface area (Å²) in [6, 6.07) is 0.